The Labute approximate surface area is 165 Å². The van der Waals surface area contributed by atoms with Crippen molar-refractivity contribution < 1.29 is 19.7 Å². The van der Waals surface area contributed by atoms with Crippen LogP contribution in [-0.4, -0.2) is 65.5 Å². The molecule has 2 aromatic carbocycles. The summed E-state index contributed by atoms with van der Waals surface area (Å²) in [5.41, 5.74) is -0.235. The van der Waals surface area contributed by atoms with E-state index in [4.69, 9.17) is 4.74 Å². The van der Waals surface area contributed by atoms with E-state index in [9.17, 15) is 15.0 Å². The molecule has 1 saturated heterocycles. The van der Waals surface area contributed by atoms with Crippen LogP contribution in [0.25, 0.3) is 0 Å². The Bertz CT molecular complexity index is 741. The van der Waals surface area contributed by atoms with E-state index in [1.807, 2.05) is 60.7 Å². The third kappa shape index (κ3) is 5.55. The van der Waals surface area contributed by atoms with Crippen LogP contribution in [0.3, 0.4) is 0 Å². The lowest BCUT2D eigenvalue weighted by Gasteiger charge is -2.26. The first-order valence-electron chi connectivity index (χ1n) is 9.67. The van der Waals surface area contributed by atoms with Crippen molar-refractivity contribution in [1.82, 2.24) is 10.2 Å². The van der Waals surface area contributed by atoms with E-state index in [0.29, 0.717) is 26.0 Å². The molecule has 0 radical (unpaired) electrons. The van der Waals surface area contributed by atoms with E-state index >= 15 is 0 Å². The van der Waals surface area contributed by atoms with E-state index in [-0.39, 0.29) is 25.5 Å². The van der Waals surface area contributed by atoms with Crippen molar-refractivity contribution in [1.29, 1.82) is 0 Å². The SMILES string of the molecule is O=C(CCc1ccccc1)N1C[C@@H](O)[C@](O)(CNCCOc2ccccc2)C1. The second-order valence-corrected chi connectivity index (χ2v) is 7.22. The molecule has 150 valence electrons. The zero-order valence-electron chi connectivity index (χ0n) is 16.0. The number of rotatable bonds is 9. The van der Waals surface area contributed by atoms with Gasteiger partial charge < -0.3 is 25.2 Å². The number of hydrogen-bond donors (Lipinski definition) is 3. The summed E-state index contributed by atoms with van der Waals surface area (Å²) >= 11 is 0. The van der Waals surface area contributed by atoms with Gasteiger partial charge >= 0.3 is 0 Å². The fourth-order valence-corrected chi connectivity index (χ4v) is 3.36. The number of para-hydroxylation sites is 1. The van der Waals surface area contributed by atoms with Crippen LogP contribution in [0.4, 0.5) is 0 Å². The molecular weight excluding hydrogens is 356 g/mol. The Morgan fingerprint density at radius 1 is 1.14 bits per heavy atom. The number of nitrogens with zero attached hydrogens (tertiary/aromatic N) is 1. The number of carbonyl (C=O) groups is 1. The van der Waals surface area contributed by atoms with Crippen molar-refractivity contribution in [2.75, 3.05) is 32.8 Å². The largest absolute Gasteiger partial charge is 0.492 e. The Balaban J connectivity index is 1.39. The number of nitrogens with one attached hydrogen (secondary N) is 1. The third-order valence-electron chi connectivity index (χ3n) is 5.02. The van der Waals surface area contributed by atoms with Gasteiger partial charge in [0.15, 0.2) is 0 Å². The molecule has 1 amide bonds. The highest BCUT2D eigenvalue weighted by molar-refractivity contribution is 5.77. The molecule has 0 spiro atoms. The number of aliphatic hydroxyl groups excluding tert-OH is 1. The molecule has 28 heavy (non-hydrogen) atoms. The summed E-state index contributed by atoms with van der Waals surface area (Å²) in [5.74, 6) is 0.741. The standard InChI is InChI=1S/C22H28N2O4/c25-20-15-24(21(26)12-11-18-7-3-1-4-8-18)17-22(20,27)16-23-13-14-28-19-9-5-2-6-10-19/h1-10,20,23,25,27H,11-17H2/t20-,22+/m1/s1. The number of aryl methyl sites for hydroxylation is 1. The predicted octanol–water partition coefficient (Wildman–Crippen LogP) is 1.22. The molecule has 0 unspecified atom stereocenters. The molecule has 2 atom stereocenters. The number of likely N-dealkylation sites (tertiary alicyclic amines) is 1. The fourth-order valence-electron chi connectivity index (χ4n) is 3.36. The molecule has 1 heterocycles. The lowest BCUT2D eigenvalue weighted by molar-refractivity contribution is -0.131. The van der Waals surface area contributed by atoms with Gasteiger partial charge in [-0.1, -0.05) is 48.5 Å². The first-order chi connectivity index (χ1) is 13.6. The maximum Gasteiger partial charge on any atom is 0.223 e. The second-order valence-electron chi connectivity index (χ2n) is 7.22. The van der Waals surface area contributed by atoms with Gasteiger partial charge in [0, 0.05) is 26.1 Å². The normalized spacial score (nSPS) is 21.6. The van der Waals surface area contributed by atoms with E-state index in [1.54, 1.807) is 4.90 Å². The lowest BCUT2D eigenvalue weighted by atomic mass is 10.0. The number of hydrogen-bond acceptors (Lipinski definition) is 5. The summed E-state index contributed by atoms with van der Waals surface area (Å²) in [5, 5.41) is 24.1. The monoisotopic (exact) mass is 384 g/mol. The van der Waals surface area contributed by atoms with E-state index < -0.39 is 11.7 Å². The molecule has 6 nitrogen and oxygen atoms in total. The molecule has 1 aliphatic rings. The van der Waals surface area contributed by atoms with Crippen molar-refractivity contribution in [3.63, 3.8) is 0 Å². The minimum Gasteiger partial charge on any atom is -0.492 e. The van der Waals surface area contributed by atoms with Crippen LogP contribution in [0.2, 0.25) is 0 Å². The number of ether oxygens (including phenoxy) is 1. The summed E-state index contributed by atoms with van der Waals surface area (Å²) in [6.07, 6.45) is 0.0565. The van der Waals surface area contributed by atoms with Gasteiger partial charge in [0.25, 0.3) is 0 Å². The van der Waals surface area contributed by atoms with Crippen molar-refractivity contribution in [2.45, 2.75) is 24.5 Å². The lowest BCUT2D eigenvalue weighted by Crippen LogP contribution is -2.50. The average Bonchev–Trinajstić information content (AvgIpc) is 3.02. The highest BCUT2D eigenvalue weighted by Crippen LogP contribution is 2.22. The summed E-state index contributed by atoms with van der Waals surface area (Å²) in [6, 6.07) is 19.3. The third-order valence-corrected chi connectivity index (χ3v) is 5.02. The van der Waals surface area contributed by atoms with Crippen molar-refractivity contribution in [3.05, 3.63) is 66.2 Å². The van der Waals surface area contributed by atoms with Crippen molar-refractivity contribution in [3.8, 4) is 5.75 Å². The van der Waals surface area contributed by atoms with Crippen LogP contribution in [-0.2, 0) is 11.2 Å². The van der Waals surface area contributed by atoms with E-state index in [1.165, 1.54) is 0 Å². The van der Waals surface area contributed by atoms with Gasteiger partial charge in [-0.25, -0.2) is 0 Å². The molecule has 0 aromatic heterocycles. The maximum absolute atomic E-state index is 12.4. The van der Waals surface area contributed by atoms with Crippen molar-refractivity contribution >= 4 is 5.91 Å². The quantitative estimate of drug-likeness (QED) is 0.567. The molecular formula is C22H28N2O4. The van der Waals surface area contributed by atoms with E-state index in [2.05, 4.69) is 5.32 Å². The smallest absolute Gasteiger partial charge is 0.223 e. The van der Waals surface area contributed by atoms with Crippen LogP contribution in [0, 0.1) is 0 Å². The highest BCUT2D eigenvalue weighted by Gasteiger charge is 2.45. The zero-order chi connectivity index (χ0) is 19.8. The van der Waals surface area contributed by atoms with Crippen LogP contribution < -0.4 is 10.1 Å². The van der Waals surface area contributed by atoms with Gasteiger partial charge in [0.05, 0.1) is 6.54 Å². The minimum absolute atomic E-state index is 0.0498. The number of carbonyl (C=O) groups excluding carboxylic acids is 1. The number of β-amino-alcohol motifs (C(OH)–C–C–N with tert-alkyl or cyclic N) is 2. The van der Waals surface area contributed by atoms with Gasteiger partial charge in [0.2, 0.25) is 5.91 Å². The summed E-state index contributed by atoms with van der Waals surface area (Å²) < 4.78 is 5.59. The first-order valence-corrected chi connectivity index (χ1v) is 9.67. The molecule has 0 bridgehead atoms. The molecule has 3 rings (SSSR count). The summed E-state index contributed by atoms with van der Waals surface area (Å²) in [6.45, 7) is 1.48. The van der Waals surface area contributed by atoms with Crippen LogP contribution in [0.1, 0.15) is 12.0 Å². The number of aliphatic hydroxyl groups is 2. The van der Waals surface area contributed by atoms with Gasteiger partial charge in [-0.15, -0.1) is 0 Å². The molecule has 6 heteroatoms. The molecule has 0 aliphatic carbocycles. The Hall–Kier alpha value is -2.41. The molecule has 1 fully saturated rings. The molecule has 0 saturated carbocycles. The topological polar surface area (TPSA) is 82.0 Å². The summed E-state index contributed by atoms with van der Waals surface area (Å²) in [7, 11) is 0. The Morgan fingerprint density at radius 3 is 2.54 bits per heavy atom. The Kier molecular flexibility index (Phi) is 7.03. The van der Waals surface area contributed by atoms with Gasteiger partial charge in [-0.3, -0.25) is 4.79 Å². The number of amides is 1. The number of benzene rings is 2. The molecule has 2 aromatic rings. The minimum atomic E-state index is -1.34. The fraction of sp³-hybridized carbons (Fsp3) is 0.409. The van der Waals surface area contributed by atoms with Crippen LogP contribution in [0.15, 0.2) is 60.7 Å². The second kappa shape index (κ2) is 9.68. The maximum atomic E-state index is 12.4. The zero-order valence-corrected chi connectivity index (χ0v) is 16.0. The van der Waals surface area contributed by atoms with E-state index in [0.717, 1.165) is 11.3 Å². The first kappa shape index (κ1) is 20.3. The van der Waals surface area contributed by atoms with Crippen molar-refractivity contribution in [2.24, 2.45) is 0 Å². The molecule has 1 aliphatic heterocycles. The van der Waals surface area contributed by atoms with Gasteiger partial charge in [-0.2, -0.15) is 0 Å². The average molecular weight is 384 g/mol. The van der Waals surface area contributed by atoms with Crippen LogP contribution >= 0.6 is 0 Å². The highest BCUT2D eigenvalue weighted by atomic mass is 16.5. The van der Waals surface area contributed by atoms with Gasteiger partial charge in [-0.05, 0) is 24.1 Å². The van der Waals surface area contributed by atoms with Crippen LogP contribution in [0.5, 0.6) is 5.75 Å². The van der Waals surface area contributed by atoms with Gasteiger partial charge in [0.1, 0.15) is 24.1 Å². The summed E-state index contributed by atoms with van der Waals surface area (Å²) in [4.78, 5) is 14.0. The Morgan fingerprint density at radius 2 is 1.82 bits per heavy atom. The molecule has 3 N–H and O–H groups in total. The predicted molar refractivity (Wildman–Crippen MR) is 107 cm³/mol.